The van der Waals surface area contributed by atoms with Crippen molar-refractivity contribution in [1.82, 2.24) is 20.4 Å². The Morgan fingerprint density at radius 2 is 1.56 bits per heavy atom. The molecule has 1 aromatic carbocycles. The molecule has 0 bridgehead atoms. The molecule has 0 aliphatic carbocycles. The van der Waals surface area contributed by atoms with Gasteiger partial charge in [-0.1, -0.05) is 65.0 Å². The number of benzene rings is 1. The van der Waals surface area contributed by atoms with Gasteiger partial charge in [0, 0.05) is 6.54 Å². The van der Waals surface area contributed by atoms with Crippen LogP contribution in [0.1, 0.15) is 79.8 Å². The summed E-state index contributed by atoms with van der Waals surface area (Å²) in [6.45, 7) is 17.4. The van der Waals surface area contributed by atoms with Gasteiger partial charge in [0.1, 0.15) is 11.6 Å². The highest BCUT2D eigenvalue weighted by Crippen LogP contribution is 2.24. The topological polar surface area (TPSA) is 111 Å². The first-order chi connectivity index (χ1) is 18.1. The Kier molecular flexibility index (Phi) is 11.8. The van der Waals surface area contributed by atoms with Gasteiger partial charge in [-0.2, -0.15) is 0 Å². The minimum Gasteiger partial charge on any atom is -0.444 e. The predicted molar refractivity (Wildman–Crippen MR) is 153 cm³/mol. The zero-order chi connectivity index (χ0) is 29.4. The third-order valence-corrected chi connectivity index (χ3v) is 6.49. The molecule has 9 nitrogen and oxygen atoms in total. The molecule has 39 heavy (non-hydrogen) atoms. The van der Waals surface area contributed by atoms with Crippen LogP contribution in [0.25, 0.3) is 0 Å². The molecule has 3 amide bonds. The molecule has 1 aliphatic rings. The van der Waals surface area contributed by atoms with E-state index in [1.54, 1.807) is 20.8 Å². The summed E-state index contributed by atoms with van der Waals surface area (Å²) < 4.78 is 5.59. The molecule has 1 fully saturated rings. The number of carbonyl (C=O) groups excluding carboxylic acids is 3. The summed E-state index contributed by atoms with van der Waals surface area (Å²) >= 11 is 0. The summed E-state index contributed by atoms with van der Waals surface area (Å²) in [5, 5.41) is 17.4. The largest absolute Gasteiger partial charge is 0.444 e. The van der Waals surface area contributed by atoms with Crippen molar-refractivity contribution in [2.24, 2.45) is 11.3 Å². The Balaban J connectivity index is 2.26. The van der Waals surface area contributed by atoms with Gasteiger partial charge in [-0.05, 0) is 63.6 Å². The highest BCUT2D eigenvalue weighted by atomic mass is 16.6. The van der Waals surface area contributed by atoms with Crippen molar-refractivity contribution < 1.29 is 24.2 Å². The van der Waals surface area contributed by atoms with E-state index in [-0.39, 0.29) is 24.9 Å². The molecular weight excluding hydrogens is 496 g/mol. The summed E-state index contributed by atoms with van der Waals surface area (Å²) in [7, 11) is 0. The lowest BCUT2D eigenvalue weighted by atomic mass is 9.85. The Morgan fingerprint density at radius 1 is 0.974 bits per heavy atom. The van der Waals surface area contributed by atoms with E-state index in [4.69, 9.17) is 4.74 Å². The molecule has 1 aromatic rings. The number of carbonyl (C=O) groups is 3. The summed E-state index contributed by atoms with van der Waals surface area (Å²) in [5.41, 5.74) is -0.558. The van der Waals surface area contributed by atoms with Crippen molar-refractivity contribution in [3.05, 3.63) is 35.9 Å². The smallest absolute Gasteiger partial charge is 0.410 e. The summed E-state index contributed by atoms with van der Waals surface area (Å²) in [6.07, 6.45) is 0.507. The number of amides is 3. The first-order valence-corrected chi connectivity index (χ1v) is 14.1. The number of ether oxygens (including phenoxy) is 1. The van der Waals surface area contributed by atoms with Crippen molar-refractivity contribution in [2.45, 2.75) is 92.0 Å². The molecule has 1 unspecified atom stereocenters. The van der Waals surface area contributed by atoms with Crippen LogP contribution in [0.15, 0.2) is 30.3 Å². The van der Waals surface area contributed by atoms with Gasteiger partial charge < -0.3 is 25.4 Å². The van der Waals surface area contributed by atoms with Crippen LogP contribution in [0.5, 0.6) is 0 Å². The van der Waals surface area contributed by atoms with E-state index in [0.29, 0.717) is 12.1 Å². The van der Waals surface area contributed by atoms with Crippen molar-refractivity contribution in [3.63, 3.8) is 0 Å². The van der Waals surface area contributed by atoms with Crippen molar-refractivity contribution >= 4 is 17.9 Å². The monoisotopic (exact) mass is 546 g/mol. The third-order valence-electron chi connectivity index (χ3n) is 6.49. The number of hydrogen-bond acceptors (Lipinski definition) is 6. The first kappa shape index (κ1) is 32.6. The molecule has 1 heterocycles. The second-order valence-electron chi connectivity index (χ2n) is 13.1. The highest BCUT2D eigenvalue weighted by Gasteiger charge is 2.36. The van der Waals surface area contributed by atoms with Gasteiger partial charge in [-0.25, -0.2) is 4.79 Å². The van der Waals surface area contributed by atoms with Gasteiger partial charge in [0.05, 0.1) is 25.2 Å². The highest BCUT2D eigenvalue weighted by molar-refractivity contribution is 5.89. The van der Waals surface area contributed by atoms with Crippen molar-refractivity contribution in [2.75, 3.05) is 32.7 Å². The zero-order valence-electron chi connectivity index (χ0n) is 25.1. The number of aliphatic hydroxyl groups is 1. The molecule has 0 saturated carbocycles. The first-order valence-electron chi connectivity index (χ1n) is 14.1. The third kappa shape index (κ3) is 11.2. The number of likely N-dealkylation sites (tertiary alicyclic amines) is 1. The van der Waals surface area contributed by atoms with Gasteiger partial charge in [-0.3, -0.25) is 14.5 Å². The average Bonchev–Trinajstić information content (AvgIpc) is 3.31. The van der Waals surface area contributed by atoms with Crippen LogP contribution in [0.4, 0.5) is 4.79 Å². The number of nitrogens with one attached hydrogen (secondary N) is 2. The minimum absolute atomic E-state index is 0.0333. The molecule has 0 aromatic heterocycles. The van der Waals surface area contributed by atoms with Gasteiger partial charge in [-0.15, -0.1) is 0 Å². The average molecular weight is 547 g/mol. The van der Waals surface area contributed by atoms with Crippen LogP contribution < -0.4 is 10.6 Å². The number of hydrogen-bond donors (Lipinski definition) is 3. The molecule has 1 aliphatic heterocycles. The van der Waals surface area contributed by atoms with Gasteiger partial charge in [0.15, 0.2) is 0 Å². The van der Waals surface area contributed by atoms with Crippen LogP contribution in [-0.4, -0.2) is 83.3 Å². The van der Waals surface area contributed by atoms with Crippen molar-refractivity contribution in [1.29, 1.82) is 0 Å². The minimum atomic E-state index is -1.12. The Bertz CT molecular complexity index is 933. The zero-order valence-corrected chi connectivity index (χ0v) is 25.1. The second kappa shape index (κ2) is 14.1. The number of nitrogens with zero attached hydrogens (tertiary/aromatic N) is 2. The quantitative estimate of drug-likeness (QED) is 0.390. The Labute approximate surface area is 234 Å². The lowest BCUT2D eigenvalue weighted by Gasteiger charge is -2.35. The summed E-state index contributed by atoms with van der Waals surface area (Å²) in [5.74, 6) is -0.444. The normalized spacial score (nSPS) is 16.9. The fourth-order valence-electron chi connectivity index (χ4n) is 4.65. The van der Waals surface area contributed by atoms with Crippen LogP contribution in [-0.2, 0) is 14.3 Å². The molecule has 2 rings (SSSR count). The lowest BCUT2D eigenvalue weighted by Crippen LogP contribution is -2.57. The van der Waals surface area contributed by atoms with E-state index >= 15 is 0 Å². The molecule has 3 atom stereocenters. The number of aliphatic hydroxyl groups excluding tert-OH is 1. The SMILES string of the molecule is CC(C)CN(C[C@@H](O)C(NC(=O)[C@@H](NC(=O)CN1CCCC1)C(C)(C)C)c1ccccc1)C(=O)OC(C)(C)C. The van der Waals surface area contributed by atoms with Gasteiger partial charge >= 0.3 is 6.09 Å². The lowest BCUT2D eigenvalue weighted by molar-refractivity contribution is -0.133. The van der Waals surface area contributed by atoms with E-state index in [2.05, 4.69) is 15.5 Å². The molecule has 3 N–H and O–H groups in total. The summed E-state index contributed by atoms with van der Waals surface area (Å²) in [4.78, 5) is 43.1. The van der Waals surface area contributed by atoms with E-state index < -0.39 is 41.2 Å². The van der Waals surface area contributed by atoms with Crippen LogP contribution in [0, 0.1) is 11.3 Å². The molecular formula is C30H50N4O5. The maximum atomic E-state index is 13.7. The Morgan fingerprint density at radius 3 is 2.08 bits per heavy atom. The van der Waals surface area contributed by atoms with Crippen molar-refractivity contribution in [3.8, 4) is 0 Å². The molecule has 220 valence electrons. The molecule has 0 spiro atoms. The maximum Gasteiger partial charge on any atom is 0.410 e. The van der Waals surface area contributed by atoms with E-state index in [0.717, 1.165) is 25.9 Å². The van der Waals surface area contributed by atoms with Crippen LogP contribution >= 0.6 is 0 Å². The number of rotatable bonds is 11. The van der Waals surface area contributed by atoms with Crippen LogP contribution in [0.2, 0.25) is 0 Å². The second-order valence-corrected chi connectivity index (χ2v) is 13.1. The fourth-order valence-corrected chi connectivity index (χ4v) is 4.65. The molecule has 9 heteroatoms. The molecule has 1 saturated heterocycles. The Hall–Kier alpha value is -2.65. The van der Waals surface area contributed by atoms with Gasteiger partial charge in [0.25, 0.3) is 0 Å². The molecule has 0 radical (unpaired) electrons. The van der Waals surface area contributed by atoms with Gasteiger partial charge in [0.2, 0.25) is 11.8 Å². The van der Waals surface area contributed by atoms with E-state index in [9.17, 15) is 19.5 Å². The summed E-state index contributed by atoms with van der Waals surface area (Å²) in [6, 6.07) is 7.55. The fraction of sp³-hybridized carbons (Fsp3) is 0.700. The van der Waals surface area contributed by atoms with E-state index in [1.807, 2.05) is 65.0 Å². The standard InChI is InChI=1S/C30H50N4O5/c1-21(2)18-34(28(38)39-30(6,7)8)19-23(35)25(22-14-10-9-11-15-22)32-27(37)26(29(3,4)5)31-24(36)20-33-16-12-13-17-33/h9-11,14-15,21,23,25-26,35H,12-13,16-20H2,1-8H3,(H,31,36)(H,32,37)/t23-,25?,26-/m1/s1. The predicted octanol–water partition coefficient (Wildman–Crippen LogP) is 3.72. The maximum absolute atomic E-state index is 13.7. The van der Waals surface area contributed by atoms with Crippen LogP contribution in [0.3, 0.4) is 0 Å². The van der Waals surface area contributed by atoms with E-state index in [1.165, 1.54) is 4.90 Å².